The van der Waals surface area contributed by atoms with Crippen LogP contribution in [0.15, 0.2) is 28.8 Å². The van der Waals surface area contributed by atoms with E-state index in [9.17, 15) is 0 Å². The van der Waals surface area contributed by atoms with Gasteiger partial charge in [-0.15, -0.1) is 0 Å². The van der Waals surface area contributed by atoms with Gasteiger partial charge in [0.15, 0.2) is 5.82 Å². The van der Waals surface area contributed by atoms with Crippen molar-refractivity contribution in [3.63, 3.8) is 0 Å². The fourth-order valence-electron chi connectivity index (χ4n) is 1.78. The number of nitrogens with zero attached hydrogens (tertiary/aromatic N) is 2. The average molecular weight is 231 g/mol. The Bertz CT molecular complexity index is 479. The van der Waals surface area contributed by atoms with Crippen molar-refractivity contribution in [2.75, 3.05) is 0 Å². The van der Waals surface area contributed by atoms with Crippen molar-refractivity contribution < 1.29 is 4.52 Å². The lowest BCUT2D eigenvalue weighted by atomic mass is 10.0. The summed E-state index contributed by atoms with van der Waals surface area (Å²) >= 11 is 0. The van der Waals surface area contributed by atoms with Gasteiger partial charge in [-0.3, -0.25) is 0 Å². The SMILES string of the molecule is CCCc1noc(Cc2ccccc2CN)n1. The van der Waals surface area contributed by atoms with Gasteiger partial charge in [0.2, 0.25) is 5.89 Å². The summed E-state index contributed by atoms with van der Waals surface area (Å²) in [4.78, 5) is 4.35. The molecule has 0 saturated heterocycles. The van der Waals surface area contributed by atoms with Crippen LogP contribution in [0.5, 0.6) is 0 Å². The Morgan fingerprint density at radius 2 is 2.00 bits per heavy atom. The first-order valence-electron chi connectivity index (χ1n) is 5.91. The van der Waals surface area contributed by atoms with Gasteiger partial charge in [-0.2, -0.15) is 4.98 Å². The highest BCUT2D eigenvalue weighted by atomic mass is 16.5. The van der Waals surface area contributed by atoms with E-state index in [0.29, 0.717) is 18.9 Å². The summed E-state index contributed by atoms with van der Waals surface area (Å²) in [5.41, 5.74) is 7.97. The van der Waals surface area contributed by atoms with Crippen LogP contribution in [0.4, 0.5) is 0 Å². The molecule has 1 aromatic heterocycles. The van der Waals surface area contributed by atoms with Crippen molar-refractivity contribution >= 4 is 0 Å². The maximum absolute atomic E-state index is 5.69. The van der Waals surface area contributed by atoms with Crippen molar-refractivity contribution in [1.82, 2.24) is 10.1 Å². The maximum atomic E-state index is 5.69. The van der Waals surface area contributed by atoms with Gasteiger partial charge < -0.3 is 10.3 Å². The molecule has 0 amide bonds. The summed E-state index contributed by atoms with van der Waals surface area (Å²) in [6.07, 6.45) is 2.55. The van der Waals surface area contributed by atoms with Crippen molar-refractivity contribution in [2.45, 2.75) is 32.7 Å². The lowest BCUT2D eigenvalue weighted by molar-refractivity contribution is 0.379. The molecule has 90 valence electrons. The van der Waals surface area contributed by atoms with Gasteiger partial charge in [0.05, 0.1) is 6.42 Å². The molecule has 0 aliphatic heterocycles. The number of rotatable bonds is 5. The smallest absolute Gasteiger partial charge is 0.231 e. The maximum Gasteiger partial charge on any atom is 0.231 e. The summed E-state index contributed by atoms with van der Waals surface area (Å²) < 4.78 is 5.22. The van der Waals surface area contributed by atoms with E-state index in [1.807, 2.05) is 24.3 Å². The Morgan fingerprint density at radius 3 is 2.71 bits per heavy atom. The molecule has 4 nitrogen and oxygen atoms in total. The standard InChI is InChI=1S/C13H17N3O/c1-2-5-12-15-13(17-16-12)8-10-6-3-4-7-11(10)9-14/h3-4,6-7H,2,5,8-9,14H2,1H3. The fourth-order valence-corrected chi connectivity index (χ4v) is 1.78. The molecule has 1 heterocycles. The van der Waals surface area contributed by atoms with E-state index in [0.717, 1.165) is 29.8 Å². The van der Waals surface area contributed by atoms with E-state index in [4.69, 9.17) is 10.3 Å². The van der Waals surface area contributed by atoms with Crippen LogP contribution in [0, 0.1) is 0 Å². The van der Waals surface area contributed by atoms with Crippen molar-refractivity contribution in [3.8, 4) is 0 Å². The highest BCUT2D eigenvalue weighted by molar-refractivity contribution is 5.28. The molecule has 2 N–H and O–H groups in total. The molecule has 2 aromatic rings. The summed E-state index contributed by atoms with van der Waals surface area (Å²) in [5.74, 6) is 1.45. The Morgan fingerprint density at radius 1 is 1.24 bits per heavy atom. The predicted molar refractivity (Wildman–Crippen MR) is 65.4 cm³/mol. The second-order valence-corrected chi connectivity index (χ2v) is 4.00. The molecule has 1 aromatic carbocycles. The molecule has 0 unspecified atom stereocenters. The Hall–Kier alpha value is -1.68. The van der Waals surface area contributed by atoms with E-state index in [-0.39, 0.29) is 0 Å². The van der Waals surface area contributed by atoms with Gasteiger partial charge >= 0.3 is 0 Å². The largest absolute Gasteiger partial charge is 0.339 e. The zero-order valence-corrected chi connectivity index (χ0v) is 10.0. The topological polar surface area (TPSA) is 64.9 Å². The van der Waals surface area contributed by atoms with Crippen LogP contribution in [0.3, 0.4) is 0 Å². The molecule has 2 rings (SSSR count). The molecule has 0 aliphatic carbocycles. The van der Waals surface area contributed by atoms with Crippen LogP contribution in [0.1, 0.15) is 36.2 Å². The van der Waals surface area contributed by atoms with E-state index in [1.165, 1.54) is 0 Å². The van der Waals surface area contributed by atoms with Gasteiger partial charge in [-0.1, -0.05) is 36.3 Å². The van der Waals surface area contributed by atoms with Crippen molar-refractivity contribution in [2.24, 2.45) is 5.73 Å². The first-order valence-corrected chi connectivity index (χ1v) is 5.91. The lowest BCUT2D eigenvalue weighted by Crippen LogP contribution is -2.02. The third-order valence-electron chi connectivity index (χ3n) is 2.66. The lowest BCUT2D eigenvalue weighted by Gasteiger charge is -2.03. The molecule has 4 heteroatoms. The zero-order valence-electron chi connectivity index (χ0n) is 10.0. The molecule has 0 aliphatic rings. The van der Waals surface area contributed by atoms with Crippen molar-refractivity contribution in [1.29, 1.82) is 0 Å². The summed E-state index contributed by atoms with van der Waals surface area (Å²) in [7, 11) is 0. The molecule has 0 spiro atoms. The monoisotopic (exact) mass is 231 g/mol. The van der Waals surface area contributed by atoms with Gasteiger partial charge in [-0.05, 0) is 17.5 Å². The number of aryl methyl sites for hydroxylation is 1. The first-order chi connectivity index (χ1) is 8.33. The first kappa shape index (κ1) is 11.8. The minimum atomic E-state index is 0.534. The number of aromatic nitrogens is 2. The molecule has 0 radical (unpaired) electrons. The third kappa shape index (κ3) is 2.91. The predicted octanol–water partition coefficient (Wildman–Crippen LogP) is 2.07. The summed E-state index contributed by atoms with van der Waals surface area (Å²) in [5, 5.41) is 3.94. The van der Waals surface area contributed by atoms with E-state index >= 15 is 0 Å². The Balaban J connectivity index is 2.13. The van der Waals surface area contributed by atoms with Crippen LogP contribution in [-0.4, -0.2) is 10.1 Å². The minimum Gasteiger partial charge on any atom is -0.339 e. The minimum absolute atomic E-state index is 0.534. The highest BCUT2D eigenvalue weighted by Gasteiger charge is 2.08. The van der Waals surface area contributed by atoms with Crippen LogP contribution < -0.4 is 5.73 Å². The number of nitrogens with two attached hydrogens (primary N) is 1. The fraction of sp³-hybridized carbons (Fsp3) is 0.385. The van der Waals surface area contributed by atoms with Gasteiger partial charge in [0.1, 0.15) is 0 Å². The second-order valence-electron chi connectivity index (χ2n) is 4.00. The second kappa shape index (κ2) is 5.59. The highest BCUT2D eigenvalue weighted by Crippen LogP contribution is 2.13. The molecule has 17 heavy (non-hydrogen) atoms. The molecule has 0 fully saturated rings. The third-order valence-corrected chi connectivity index (χ3v) is 2.66. The number of hydrogen-bond donors (Lipinski definition) is 1. The number of benzene rings is 1. The normalized spacial score (nSPS) is 10.7. The summed E-state index contributed by atoms with van der Waals surface area (Å²) in [6, 6.07) is 8.06. The van der Waals surface area contributed by atoms with E-state index in [1.54, 1.807) is 0 Å². The molecule has 0 bridgehead atoms. The van der Waals surface area contributed by atoms with Crippen LogP contribution in [-0.2, 0) is 19.4 Å². The molecule has 0 saturated carbocycles. The molecular weight excluding hydrogens is 214 g/mol. The molecular formula is C13H17N3O. The van der Waals surface area contributed by atoms with E-state index < -0.39 is 0 Å². The van der Waals surface area contributed by atoms with Gasteiger partial charge in [-0.25, -0.2) is 0 Å². The van der Waals surface area contributed by atoms with Crippen molar-refractivity contribution in [3.05, 3.63) is 47.1 Å². The Kier molecular flexibility index (Phi) is 3.88. The van der Waals surface area contributed by atoms with Crippen LogP contribution in [0.2, 0.25) is 0 Å². The van der Waals surface area contributed by atoms with E-state index in [2.05, 4.69) is 17.1 Å². The van der Waals surface area contributed by atoms with Crippen LogP contribution >= 0.6 is 0 Å². The zero-order chi connectivity index (χ0) is 12.1. The number of hydrogen-bond acceptors (Lipinski definition) is 4. The quantitative estimate of drug-likeness (QED) is 0.855. The molecule has 0 atom stereocenters. The Labute approximate surface area is 101 Å². The summed E-state index contributed by atoms with van der Waals surface area (Å²) in [6.45, 7) is 2.63. The van der Waals surface area contributed by atoms with Gasteiger partial charge in [0, 0.05) is 13.0 Å². The van der Waals surface area contributed by atoms with Crippen LogP contribution in [0.25, 0.3) is 0 Å². The average Bonchev–Trinajstić information content (AvgIpc) is 2.78. The van der Waals surface area contributed by atoms with Gasteiger partial charge in [0.25, 0.3) is 0 Å².